The first kappa shape index (κ1) is 20.0. The second kappa shape index (κ2) is 8.94. The number of hydrogen-bond donors (Lipinski definition) is 1. The minimum atomic E-state index is -0.131. The predicted octanol–water partition coefficient (Wildman–Crippen LogP) is 6.03. The zero-order valence-electron chi connectivity index (χ0n) is 16.3. The average Bonchev–Trinajstić information content (AvgIpc) is 2.69. The molecule has 0 aliphatic rings. The molecule has 3 rings (SSSR count). The topological polar surface area (TPSA) is 38.3 Å². The molecule has 0 aliphatic carbocycles. The largest absolute Gasteiger partial charge is 0.489 e. The maximum atomic E-state index is 12.7. The number of rotatable bonds is 6. The lowest BCUT2D eigenvalue weighted by atomic mass is 10.0. The van der Waals surface area contributed by atoms with Crippen LogP contribution in [-0.2, 0) is 6.61 Å². The van der Waals surface area contributed by atoms with Gasteiger partial charge in [0.25, 0.3) is 5.91 Å². The third-order valence-corrected chi connectivity index (χ3v) is 5.20. The Hall–Kier alpha value is -2.78. The van der Waals surface area contributed by atoms with E-state index in [1.165, 1.54) is 11.1 Å². The van der Waals surface area contributed by atoms with Crippen LogP contribution in [0.15, 0.2) is 66.7 Å². The van der Waals surface area contributed by atoms with Crippen molar-refractivity contribution < 1.29 is 9.53 Å². The standard InChI is InChI=1S/C24H24ClNO2/c1-16-11-12-19(13-17(16)2)18(3)26-24(27)20-8-6-9-22(14-20)28-15-21-7-4-5-10-23(21)25/h4-14,18H,15H2,1-3H3,(H,26,27). The molecule has 3 nitrogen and oxygen atoms in total. The Morgan fingerprint density at radius 1 is 1.00 bits per heavy atom. The monoisotopic (exact) mass is 393 g/mol. The van der Waals surface area contributed by atoms with E-state index in [1.54, 1.807) is 12.1 Å². The Labute approximate surface area is 171 Å². The molecule has 1 atom stereocenters. The van der Waals surface area contributed by atoms with Crippen molar-refractivity contribution in [3.8, 4) is 5.75 Å². The number of ether oxygens (including phenoxy) is 1. The normalized spacial score (nSPS) is 11.7. The number of carbonyl (C=O) groups is 1. The van der Waals surface area contributed by atoms with Gasteiger partial charge in [0.05, 0.1) is 6.04 Å². The molecule has 3 aromatic carbocycles. The van der Waals surface area contributed by atoms with E-state index in [9.17, 15) is 4.79 Å². The summed E-state index contributed by atoms with van der Waals surface area (Å²) in [5.74, 6) is 0.500. The third-order valence-electron chi connectivity index (χ3n) is 4.83. The number of halogens is 1. The summed E-state index contributed by atoms with van der Waals surface area (Å²) in [7, 11) is 0. The van der Waals surface area contributed by atoms with Crippen molar-refractivity contribution in [1.29, 1.82) is 0 Å². The van der Waals surface area contributed by atoms with E-state index in [1.807, 2.05) is 43.3 Å². The van der Waals surface area contributed by atoms with Crippen LogP contribution in [0.1, 0.15) is 45.6 Å². The molecule has 28 heavy (non-hydrogen) atoms. The number of nitrogens with one attached hydrogen (secondary N) is 1. The van der Waals surface area contributed by atoms with E-state index in [0.717, 1.165) is 11.1 Å². The van der Waals surface area contributed by atoms with Crippen molar-refractivity contribution in [2.45, 2.75) is 33.4 Å². The number of aryl methyl sites for hydroxylation is 2. The first-order chi connectivity index (χ1) is 13.4. The molecular formula is C24H24ClNO2. The number of hydrogen-bond acceptors (Lipinski definition) is 2. The molecule has 0 saturated heterocycles. The second-order valence-electron chi connectivity index (χ2n) is 6.95. The van der Waals surface area contributed by atoms with E-state index in [-0.39, 0.29) is 11.9 Å². The molecule has 1 unspecified atom stereocenters. The molecule has 0 aliphatic heterocycles. The van der Waals surface area contributed by atoms with Gasteiger partial charge >= 0.3 is 0 Å². The molecule has 4 heteroatoms. The lowest BCUT2D eigenvalue weighted by Gasteiger charge is -2.16. The van der Waals surface area contributed by atoms with Gasteiger partial charge in [0.2, 0.25) is 0 Å². The summed E-state index contributed by atoms with van der Waals surface area (Å²) in [6.07, 6.45) is 0. The first-order valence-corrected chi connectivity index (χ1v) is 9.66. The van der Waals surface area contributed by atoms with E-state index >= 15 is 0 Å². The van der Waals surface area contributed by atoms with Crippen molar-refractivity contribution in [3.63, 3.8) is 0 Å². The van der Waals surface area contributed by atoms with Crippen LogP contribution in [0.2, 0.25) is 5.02 Å². The predicted molar refractivity (Wildman–Crippen MR) is 114 cm³/mol. The Morgan fingerprint density at radius 3 is 2.54 bits per heavy atom. The molecule has 0 bridgehead atoms. The molecule has 0 heterocycles. The fourth-order valence-corrected chi connectivity index (χ4v) is 3.09. The lowest BCUT2D eigenvalue weighted by molar-refractivity contribution is 0.0939. The van der Waals surface area contributed by atoms with Crippen LogP contribution in [0.4, 0.5) is 0 Å². The molecule has 0 aromatic heterocycles. The fraction of sp³-hybridized carbons (Fsp3) is 0.208. The van der Waals surface area contributed by atoms with Crippen LogP contribution in [0, 0.1) is 13.8 Å². The Bertz CT molecular complexity index is 984. The number of benzene rings is 3. The third kappa shape index (κ3) is 4.93. The average molecular weight is 394 g/mol. The van der Waals surface area contributed by atoms with E-state index in [4.69, 9.17) is 16.3 Å². The molecular weight excluding hydrogens is 370 g/mol. The van der Waals surface area contributed by atoms with Gasteiger partial charge in [-0.2, -0.15) is 0 Å². The SMILES string of the molecule is Cc1ccc(C(C)NC(=O)c2cccc(OCc3ccccc3Cl)c2)cc1C. The van der Waals surface area contributed by atoms with Crippen LogP contribution in [0.3, 0.4) is 0 Å². The van der Waals surface area contributed by atoms with Gasteiger partial charge in [0, 0.05) is 16.1 Å². The second-order valence-corrected chi connectivity index (χ2v) is 7.35. The van der Waals surface area contributed by atoms with Crippen LogP contribution < -0.4 is 10.1 Å². The molecule has 144 valence electrons. The maximum absolute atomic E-state index is 12.7. The molecule has 0 saturated carbocycles. The van der Waals surface area contributed by atoms with Crippen molar-refractivity contribution in [2.24, 2.45) is 0 Å². The Kier molecular flexibility index (Phi) is 6.37. The number of amides is 1. The lowest BCUT2D eigenvalue weighted by Crippen LogP contribution is -2.26. The van der Waals surface area contributed by atoms with Gasteiger partial charge in [-0.15, -0.1) is 0 Å². The summed E-state index contributed by atoms with van der Waals surface area (Å²) in [6, 6.07) is 20.9. The summed E-state index contributed by atoms with van der Waals surface area (Å²) in [5.41, 5.74) is 5.01. The van der Waals surface area contributed by atoms with Gasteiger partial charge in [-0.1, -0.05) is 54.1 Å². The minimum Gasteiger partial charge on any atom is -0.489 e. The zero-order valence-corrected chi connectivity index (χ0v) is 17.1. The molecule has 1 amide bonds. The van der Waals surface area contributed by atoms with Crippen molar-refractivity contribution in [3.05, 3.63) is 99.6 Å². The molecule has 0 fully saturated rings. The van der Waals surface area contributed by atoms with E-state index < -0.39 is 0 Å². The van der Waals surface area contributed by atoms with Gasteiger partial charge in [-0.25, -0.2) is 0 Å². The molecule has 1 N–H and O–H groups in total. The number of carbonyl (C=O) groups excluding carboxylic acids is 1. The highest BCUT2D eigenvalue weighted by Crippen LogP contribution is 2.21. The Morgan fingerprint density at radius 2 is 1.79 bits per heavy atom. The van der Waals surface area contributed by atoms with Gasteiger partial charge in [-0.05, 0) is 61.7 Å². The maximum Gasteiger partial charge on any atom is 0.251 e. The Balaban J connectivity index is 1.66. The van der Waals surface area contributed by atoms with Crippen molar-refractivity contribution >= 4 is 17.5 Å². The van der Waals surface area contributed by atoms with Crippen LogP contribution in [0.5, 0.6) is 5.75 Å². The van der Waals surface area contributed by atoms with Gasteiger partial charge < -0.3 is 10.1 Å². The fourth-order valence-electron chi connectivity index (χ4n) is 2.90. The van der Waals surface area contributed by atoms with Gasteiger partial charge in [0.1, 0.15) is 12.4 Å². The summed E-state index contributed by atoms with van der Waals surface area (Å²) in [4.78, 5) is 12.7. The van der Waals surface area contributed by atoms with Crippen LogP contribution in [-0.4, -0.2) is 5.91 Å². The summed E-state index contributed by atoms with van der Waals surface area (Å²) in [5, 5.41) is 3.72. The van der Waals surface area contributed by atoms with Crippen LogP contribution in [0.25, 0.3) is 0 Å². The highest BCUT2D eigenvalue weighted by molar-refractivity contribution is 6.31. The van der Waals surface area contributed by atoms with Gasteiger partial charge in [0.15, 0.2) is 0 Å². The highest BCUT2D eigenvalue weighted by Gasteiger charge is 2.13. The zero-order chi connectivity index (χ0) is 20.1. The molecule has 0 spiro atoms. The smallest absolute Gasteiger partial charge is 0.251 e. The van der Waals surface area contributed by atoms with E-state index in [0.29, 0.717) is 22.9 Å². The van der Waals surface area contributed by atoms with E-state index in [2.05, 4.69) is 37.4 Å². The first-order valence-electron chi connectivity index (χ1n) is 9.28. The quantitative estimate of drug-likeness (QED) is 0.555. The van der Waals surface area contributed by atoms with Crippen molar-refractivity contribution in [2.75, 3.05) is 0 Å². The van der Waals surface area contributed by atoms with Crippen LogP contribution >= 0.6 is 11.6 Å². The molecule has 3 aromatic rings. The van der Waals surface area contributed by atoms with Crippen molar-refractivity contribution in [1.82, 2.24) is 5.32 Å². The summed E-state index contributed by atoms with van der Waals surface area (Å²) < 4.78 is 5.82. The minimum absolute atomic E-state index is 0.0838. The summed E-state index contributed by atoms with van der Waals surface area (Å²) >= 11 is 6.16. The summed E-state index contributed by atoms with van der Waals surface area (Å²) in [6.45, 7) is 6.49. The highest BCUT2D eigenvalue weighted by atomic mass is 35.5. The molecule has 0 radical (unpaired) electrons. The van der Waals surface area contributed by atoms with Gasteiger partial charge in [-0.3, -0.25) is 4.79 Å².